The number of nitrogens with one attached hydrogen (secondary N) is 3. The van der Waals surface area contributed by atoms with Gasteiger partial charge >= 0.3 is 0 Å². The largest absolute Gasteiger partial charge is 0.482 e. The molecule has 0 spiro atoms. The van der Waals surface area contributed by atoms with Gasteiger partial charge in [0.1, 0.15) is 5.75 Å². The highest BCUT2D eigenvalue weighted by Gasteiger charge is 2.22. The Balaban J connectivity index is 1.68. The van der Waals surface area contributed by atoms with Crippen LogP contribution in [0.4, 0.5) is 11.4 Å². The fourth-order valence-corrected chi connectivity index (χ4v) is 2.47. The summed E-state index contributed by atoms with van der Waals surface area (Å²) in [6.07, 6.45) is 1.94. The molecule has 6 nitrogen and oxygen atoms in total. The Morgan fingerprint density at radius 1 is 1.40 bits per heavy atom. The summed E-state index contributed by atoms with van der Waals surface area (Å²) >= 11 is 0. The fourth-order valence-electron chi connectivity index (χ4n) is 2.47. The highest BCUT2D eigenvalue weighted by molar-refractivity contribution is 5.97. The first-order chi connectivity index (χ1) is 9.72. The van der Waals surface area contributed by atoms with Crippen molar-refractivity contribution in [1.82, 2.24) is 5.32 Å². The summed E-state index contributed by atoms with van der Waals surface area (Å²) < 4.78 is 5.33. The van der Waals surface area contributed by atoms with Gasteiger partial charge in [0, 0.05) is 18.3 Å². The molecule has 2 aliphatic heterocycles. The van der Waals surface area contributed by atoms with Crippen molar-refractivity contribution in [2.24, 2.45) is 5.92 Å². The van der Waals surface area contributed by atoms with Crippen molar-refractivity contribution in [3.05, 3.63) is 18.2 Å². The molecule has 3 N–H and O–H groups in total. The maximum atomic E-state index is 12.1. The van der Waals surface area contributed by atoms with E-state index in [4.69, 9.17) is 4.74 Å². The van der Waals surface area contributed by atoms with Gasteiger partial charge < -0.3 is 20.7 Å². The Hall–Kier alpha value is -2.08. The molecule has 1 fully saturated rings. The average Bonchev–Trinajstić information content (AvgIpc) is 2.48. The van der Waals surface area contributed by atoms with E-state index >= 15 is 0 Å². The molecule has 20 heavy (non-hydrogen) atoms. The molecule has 3 rings (SSSR count). The normalized spacial score (nSPS) is 21.4. The lowest BCUT2D eigenvalue weighted by Crippen LogP contribution is -2.37. The molecule has 0 bridgehead atoms. The quantitative estimate of drug-likeness (QED) is 0.751. The maximum absolute atomic E-state index is 12.1. The Labute approximate surface area is 116 Å². The van der Waals surface area contributed by atoms with Crippen LogP contribution in [0.5, 0.6) is 5.75 Å². The Morgan fingerprint density at radius 3 is 3.10 bits per heavy atom. The van der Waals surface area contributed by atoms with Crippen LogP contribution in [0.2, 0.25) is 0 Å². The van der Waals surface area contributed by atoms with E-state index in [0.29, 0.717) is 17.1 Å². The summed E-state index contributed by atoms with van der Waals surface area (Å²) in [7, 11) is 0. The van der Waals surface area contributed by atoms with Gasteiger partial charge in [-0.1, -0.05) is 0 Å². The SMILES string of the molecule is O=C1COc2cc(NC(=O)C3CCCNC3)ccc2N1. The Kier molecular flexibility index (Phi) is 3.56. The van der Waals surface area contributed by atoms with Crippen molar-refractivity contribution < 1.29 is 14.3 Å². The van der Waals surface area contributed by atoms with Crippen LogP contribution in [-0.2, 0) is 9.59 Å². The number of carbonyl (C=O) groups is 2. The third-order valence-electron chi connectivity index (χ3n) is 3.55. The molecular weight excluding hydrogens is 258 g/mol. The standard InChI is InChI=1S/C14H17N3O3/c18-13-8-20-12-6-10(3-4-11(12)17-13)16-14(19)9-2-1-5-15-7-9/h3-4,6,9,15H,1-2,5,7-8H2,(H,16,19)(H,17,18). The van der Waals surface area contributed by atoms with E-state index in [2.05, 4.69) is 16.0 Å². The third-order valence-corrected chi connectivity index (χ3v) is 3.55. The zero-order chi connectivity index (χ0) is 13.9. The maximum Gasteiger partial charge on any atom is 0.262 e. The minimum atomic E-state index is -0.164. The van der Waals surface area contributed by atoms with E-state index in [9.17, 15) is 9.59 Å². The van der Waals surface area contributed by atoms with Gasteiger partial charge in [-0.05, 0) is 31.5 Å². The van der Waals surface area contributed by atoms with Crippen molar-refractivity contribution in [3.63, 3.8) is 0 Å². The Morgan fingerprint density at radius 2 is 2.30 bits per heavy atom. The first kappa shape index (κ1) is 12.9. The molecule has 1 aromatic rings. The highest BCUT2D eigenvalue weighted by atomic mass is 16.5. The number of anilines is 2. The van der Waals surface area contributed by atoms with Gasteiger partial charge in [0.05, 0.1) is 11.6 Å². The van der Waals surface area contributed by atoms with Gasteiger partial charge in [0.2, 0.25) is 5.91 Å². The fraction of sp³-hybridized carbons (Fsp3) is 0.429. The number of ether oxygens (including phenoxy) is 1. The van der Waals surface area contributed by atoms with Gasteiger partial charge in [-0.15, -0.1) is 0 Å². The molecule has 2 aliphatic rings. The van der Waals surface area contributed by atoms with Crippen LogP contribution in [-0.4, -0.2) is 31.5 Å². The van der Waals surface area contributed by atoms with Crippen molar-refractivity contribution >= 4 is 23.2 Å². The van der Waals surface area contributed by atoms with Crippen LogP contribution in [0.25, 0.3) is 0 Å². The van der Waals surface area contributed by atoms with Crippen LogP contribution in [0.1, 0.15) is 12.8 Å². The first-order valence-electron chi connectivity index (χ1n) is 6.80. The molecule has 1 aromatic carbocycles. The molecule has 1 saturated heterocycles. The van der Waals surface area contributed by atoms with Crippen molar-refractivity contribution in [2.75, 3.05) is 30.3 Å². The molecule has 106 valence electrons. The second kappa shape index (κ2) is 5.50. The van der Waals surface area contributed by atoms with Gasteiger partial charge in [-0.2, -0.15) is 0 Å². The third kappa shape index (κ3) is 2.75. The van der Waals surface area contributed by atoms with Crippen LogP contribution < -0.4 is 20.7 Å². The molecule has 2 heterocycles. The number of hydrogen-bond acceptors (Lipinski definition) is 4. The lowest BCUT2D eigenvalue weighted by atomic mass is 9.99. The zero-order valence-corrected chi connectivity index (χ0v) is 11.1. The molecule has 1 atom stereocenters. The smallest absolute Gasteiger partial charge is 0.262 e. The van der Waals surface area contributed by atoms with E-state index in [0.717, 1.165) is 25.9 Å². The number of benzene rings is 1. The number of carbonyl (C=O) groups excluding carboxylic acids is 2. The van der Waals surface area contributed by atoms with Crippen LogP contribution in [0.3, 0.4) is 0 Å². The predicted molar refractivity (Wildman–Crippen MR) is 74.8 cm³/mol. The monoisotopic (exact) mass is 275 g/mol. The van der Waals surface area contributed by atoms with E-state index in [-0.39, 0.29) is 24.3 Å². The zero-order valence-electron chi connectivity index (χ0n) is 11.1. The van der Waals surface area contributed by atoms with Crippen molar-refractivity contribution in [3.8, 4) is 5.75 Å². The van der Waals surface area contributed by atoms with E-state index < -0.39 is 0 Å². The molecule has 6 heteroatoms. The van der Waals surface area contributed by atoms with Crippen LogP contribution in [0.15, 0.2) is 18.2 Å². The van der Waals surface area contributed by atoms with Crippen LogP contribution in [0, 0.1) is 5.92 Å². The molecule has 0 aromatic heterocycles. The molecule has 0 saturated carbocycles. The molecule has 1 unspecified atom stereocenters. The summed E-state index contributed by atoms with van der Waals surface area (Å²) in [5.74, 6) is 0.462. The van der Waals surface area contributed by atoms with Gasteiger partial charge in [0.15, 0.2) is 6.61 Å². The van der Waals surface area contributed by atoms with E-state index in [1.54, 1.807) is 18.2 Å². The number of piperidine rings is 1. The topological polar surface area (TPSA) is 79.5 Å². The summed E-state index contributed by atoms with van der Waals surface area (Å²) in [6, 6.07) is 5.24. The Bertz CT molecular complexity index is 538. The second-order valence-corrected chi connectivity index (χ2v) is 5.08. The summed E-state index contributed by atoms with van der Waals surface area (Å²) in [5.41, 5.74) is 1.33. The summed E-state index contributed by atoms with van der Waals surface area (Å²) in [4.78, 5) is 23.3. The lowest BCUT2D eigenvalue weighted by Gasteiger charge is -2.23. The lowest BCUT2D eigenvalue weighted by molar-refractivity contribution is -0.120. The first-order valence-corrected chi connectivity index (χ1v) is 6.80. The number of hydrogen-bond donors (Lipinski definition) is 3. The minimum Gasteiger partial charge on any atom is -0.482 e. The van der Waals surface area contributed by atoms with Gasteiger partial charge in [-0.25, -0.2) is 0 Å². The van der Waals surface area contributed by atoms with Gasteiger partial charge in [-0.3, -0.25) is 9.59 Å². The van der Waals surface area contributed by atoms with Crippen molar-refractivity contribution in [2.45, 2.75) is 12.8 Å². The average molecular weight is 275 g/mol. The summed E-state index contributed by atoms with van der Waals surface area (Å²) in [6.45, 7) is 1.72. The number of rotatable bonds is 2. The van der Waals surface area contributed by atoms with Crippen LogP contribution >= 0.6 is 0 Å². The second-order valence-electron chi connectivity index (χ2n) is 5.08. The number of fused-ring (bicyclic) bond motifs is 1. The predicted octanol–water partition coefficient (Wildman–Crippen LogP) is 0.956. The highest BCUT2D eigenvalue weighted by Crippen LogP contribution is 2.30. The molecule has 0 aliphatic carbocycles. The molecule has 2 amide bonds. The van der Waals surface area contributed by atoms with Gasteiger partial charge in [0.25, 0.3) is 5.91 Å². The van der Waals surface area contributed by atoms with E-state index in [1.165, 1.54) is 0 Å². The van der Waals surface area contributed by atoms with Crippen molar-refractivity contribution in [1.29, 1.82) is 0 Å². The number of amides is 2. The summed E-state index contributed by atoms with van der Waals surface area (Å²) in [5, 5.41) is 8.84. The van der Waals surface area contributed by atoms with E-state index in [1.807, 2.05) is 0 Å². The molecule has 0 radical (unpaired) electrons. The molecular formula is C14H17N3O3. The minimum absolute atomic E-state index is 0.0109.